The van der Waals surface area contributed by atoms with Crippen LogP contribution in [-0.2, 0) is 0 Å². The van der Waals surface area contributed by atoms with Crippen molar-refractivity contribution in [2.45, 2.75) is 12.5 Å². The van der Waals surface area contributed by atoms with E-state index in [2.05, 4.69) is 20.3 Å². The summed E-state index contributed by atoms with van der Waals surface area (Å²) in [6.45, 7) is 0.550. The van der Waals surface area contributed by atoms with Gasteiger partial charge in [-0.15, -0.1) is 0 Å². The maximum Gasteiger partial charge on any atom is 0.277 e. The number of carbonyl (C=O) groups is 1. The van der Waals surface area contributed by atoms with Gasteiger partial charge in [0.25, 0.3) is 5.91 Å². The molecule has 19 heavy (non-hydrogen) atoms. The van der Waals surface area contributed by atoms with E-state index >= 15 is 0 Å². The van der Waals surface area contributed by atoms with Crippen molar-refractivity contribution in [2.75, 3.05) is 12.3 Å². The minimum atomic E-state index is -0.402. The van der Waals surface area contributed by atoms with Crippen LogP contribution in [0.4, 0.5) is 5.82 Å². The Morgan fingerprint density at radius 1 is 1.37 bits per heavy atom. The molecule has 7 heteroatoms. The maximum absolute atomic E-state index is 12.0. The smallest absolute Gasteiger partial charge is 0.277 e. The number of anilines is 1. The zero-order valence-corrected chi connectivity index (χ0v) is 10.00. The lowest BCUT2D eigenvalue weighted by molar-refractivity contribution is 0.0915. The van der Waals surface area contributed by atoms with Gasteiger partial charge < -0.3 is 15.8 Å². The Morgan fingerprint density at radius 2 is 2.21 bits per heavy atom. The zero-order chi connectivity index (χ0) is 13.2. The molecule has 3 rings (SSSR count). The quantitative estimate of drug-likeness (QED) is 0.831. The summed E-state index contributed by atoms with van der Waals surface area (Å²) in [4.78, 5) is 12.0. The highest BCUT2D eigenvalue weighted by Gasteiger charge is 2.25. The van der Waals surface area contributed by atoms with Crippen LogP contribution >= 0.6 is 0 Å². The van der Waals surface area contributed by atoms with Gasteiger partial charge in [-0.25, -0.2) is 4.63 Å². The average Bonchev–Trinajstić information content (AvgIpc) is 2.85. The maximum atomic E-state index is 12.0. The molecule has 1 aliphatic heterocycles. The third-order valence-electron chi connectivity index (χ3n) is 2.99. The van der Waals surface area contributed by atoms with E-state index in [9.17, 15) is 4.79 Å². The van der Waals surface area contributed by atoms with Crippen LogP contribution in [-0.4, -0.2) is 22.8 Å². The van der Waals surface area contributed by atoms with Gasteiger partial charge in [0, 0.05) is 12.0 Å². The first-order valence-corrected chi connectivity index (χ1v) is 5.86. The van der Waals surface area contributed by atoms with E-state index in [1.54, 1.807) is 0 Å². The standard InChI is InChI=1S/C12H12N4O3/c13-11-10(15-19-16-11)12(17)14-8-5-6-18-9-4-2-1-3-7(8)9/h1-4,8H,5-6H2,(H2,13,16)(H,14,17). The topological polar surface area (TPSA) is 103 Å². The number of para-hydroxylation sites is 1. The van der Waals surface area contributed by atoms with Crippen molar-refractivity contribution in [3.63, 3.8) is 0 Å². The van der Waals surface area contributed by atoms with Gasteiger partial charge in [0.2, 0.25) is 11.5 Å². The molecule has 0 bridgehead atoms. The fraction of sp³-hybridized carbons (Fsp3) is 0.250. The molecule has 0 fully saturated rings. The predicted octanol–water partition coefficient (Wildman–Crippen LogP) is 0.905. The van der Waals surface area contributed by atoms with Gasteiger partial charge in [0.05, 0.1) is 12.6 Å². The summed E-state index contributed by atoms with van der Waals surface area (Å²) in [6.07, 6.45) is 0.688. The first-order chi connectivity index (χ1) is 9.25. The summed E-state index contributed by atoms with van der Waals surface area (Å²) in [5.41, 5.74) is 6.43. The molecule has 3 N–H and O–H groups in total. The molecule has 0 aliphatic carbocycles. The van der Waals surface area contributed by atoms with Crippen LogP contribution < -0.4 is 15.8 Å². The highest BCUT2D eigenvalue weighted by atomic mass is 16.6. The number of ether oxygens (including phenoxy) is 1. The lowest BCUT2D eigenvalue weighted by Gasteiger charge is -2.26. The third kappa shape index (κ3) is 2.10. The number of nitrogens with two attached hydrogens (primary N) is 1. The van der Waals surface area contributed by atoms with Gasteiger partial charge in [-0.05, 0) is 16.4 Å². The third-order valence-corrected chi connectivity index (χ3v) is 2.99. The summed E-state index contributed by atoms with van der Waals surface area (Å²) < 4.78 is 9.94. The highest BCUT2D eigenvalue weighted by Crippen LogP contribution is 2.31. The Morgan fingerprint density at radius 3 is 3.00 bits per heavy atom. The van der Waals surface area contributed by atoms with E-state index < -0.39 is 5.91 Å². The van der Waals surface area contributed by atoms with Gasteiger partial charge in [-0.3, -0.25) is 4.79 Å². The molecule has 2 heterocycles. The molecular weight excluding hydrogens is 248 g/mol. The zero-order valence-electron chi connectivity index (χ0n) is 10.00. The van der Waals surface area contributed by atoms with Crippen LogP contribution in [0.1, 0.15) is 28.5 Å². The molecule has 98 valence electrons. The summed E-state index contributed by atoms with van der Waals surface area (Å²) in [7, 11) is 0. The van der Waals surface area contributed by atoms with Gasteiger partial charge in [-0.2, -0.15) is 0 Å². The van der Waals surface area contributed by atoms with E-state index in [-0.39, 0.29) is 17.6 Å². The summed E-state index contributed by atoms with van der Waals surface area (Å²) in [5.74, 6) is 0.364. The summed E-state index contributed by atoms with van der Waals surface area (Å²) in [6, 6.07) is 7.46. The monoisotopic (exact) mass is 260 g/mol. The van der Waals surface area contributed by atoms with Crippen LogP contribution in [0.5, 0.6) is 5.75 Å². The van der Waals surface area contributed by atoms with Crippen molar-refractivity contribution in [1.29, 1.82) is 0 Å². The van der Waals surface area contributed by atoms with Gasteiger partial charge >= 0.3 is 0 Å². The van der Waals surface area contributed by atoms with E-state index in [1.165, 1.54) is 0 Å². The van der Waals surface area contributed by atoms with Crippen LogP contribution in [0.15, 0.2) is 28.9 Å². The Bertz CT molecular complexity index is 611. The lowest BCUT2D eigenvalue weighted by Crippen LogP contribution is -2.32. The first-order valence-electron chi connectivity index (χ1n) is 5.86. The number of carbonyl (C=O) groups excluding carboxylic acids is 1. The number of nitrogen functional groups attached to an aromatic ring is 1. The Kier molecular flexibility index (Phi) is 2.79. The minimum absolute atomic E-state index is 0.00368. The molecule has 1 aromatic heterocycles. The Labute approximate surface area is 108 Å². The van der Waals surface area contributed by atoms with E-state index in [1.807, 2.05) is 24.3 Å². The number of nitrogens with one attached hydrogen (secondary N) is 1. The number of aromatic nitrogens is 2. The Balaban J connectivity index is 1.82. The second kappa shape index (κ2) is 4.60. The number of hydrogen-bond donors (Lipinski definition) is 2. The van der Waals surface area contributed by atoms with Crippen molar-refractivity contribution < 1.29 is 14.2 Å². The molecule has 1 atom stereocenters. The van der Waals surface area contributed by atoms with Crippen molar-refractivity contribution in [2.24, 2.45) is 0 Å². The molecule has 0 spiro atoms. The molecule has 1 amide bonds. The molecule has 1 aliphatic rings. The SMILES string of the molecule is Nc1nonc1C(=O)NC1CCOc2ccccc21. The fourth-order valence-corrected chi connectivity index (χ4v) is 2.07. The lowest BCUT2D eigenvalue weighted by atomic mass is 10.0. The van der Waals surface area contributed by atoms with Crippen molar-refractivity contribution in [3.8, 4) is 5.75 Å². The summed E-state index contributed by atoms with van der Waals surface area (Å²) in [5, 5.41) is 9.72. The van der Waals surface area contributed by atoms with Crippen LogP contribution in [0, 0.1) is 0 Å². The number of fused-ring (bicyclic) bond motifs is 1. The van der Waals surface area contributed by atoms with Crippen molar-refractivity contribution in [3.05, 3.63) is 35.5 Å². The Hall–Kier alpha value is -2.57. The van der Waals surface area contributed by atoms with Crippen LogP contribution in [0.3, 0.4) is 0 Å². The normalized spacial score (nSPS) is 17.4. The highest BCUT2D eigenvalue weighted by molar-refractivity contribution is 5.96. The van der Waals surface area contributed by atoms with Crippen molar-refractivity contribution in [1.82, 2.24) is 15.6 Å². The molecule has 2 aromatic rings. The number of benzene rings is 1. The molecule has 1 aromatic carbocycles. The molecule has 7 nitrogen and oxygen atoms in total. The van der Waals surface area contributed by atoms with E-state index in [0.717, 1.165) is 11.3 Å². The second-order valence-electron chi connectivity index (χ2n) is 4.20. The minimum Gasteiger partial charge on any atom is -0.493 e. The summed E-state index contributed by atoms with van der Waals surface area (Å²) >= 11 is 0. The number of rotatable bonds is 2. The van der Waals surface area contributed by atoms with Crippen LogP contribution in [0.25, 0.3) is 0 Å². The number of hydrogen-bond acceptors (Lipinski definition) is 6. The largest absolute Gasteiger partial charge is 0.493 e. The number of nitrogens with zero attached hydrogens (tertiary/aromatic N) is 2. The van der Waals surface area contributed by atoms with Crippen molar-refractivity contribution >= 4 is 11.7 Å². The number of amides is 1. The molecule has 0 radical (unpaired) electrons. The van der Waals surface area contributed by atoms with Crippen LogP contribution in [0.2, 0.25) is 0 Å². The van der Waals surface area contributed by atoms with Gasteiger partial charge in [-0.1, -0.05) is 18.2 Å². The molecule has 1 unspecified atom stereocenters. The van der Waals surface area contributed by atoms with Gasteiger partial charge in [0.15, 0.2) is 0 Å². The molecular formula is C12H12N4O3. The fourth-order valence-electron chi connectivity index (χ4n) is 2.07. The predicted molar refractivity (Wildman–Crippen MR) is 65.5 cm³/mol. The molecule has 0 saturated carbocycles. The van der Waals surface area contributed by atoms with E-state index in [4.69, 9.17) is 10.5 Å². The van der Waals surface area contributed by atoms with E-state index in [0.29, 0.717) is 13.0 Å². The molecule has 0 saturated heterocycles. The second-order valence-corrected chi connectivity index (χ2v) is 4.20. The first kappa shape index (κ1) is 11.5. The average molecular weight is 260 g/mol. The van der Waals surface area contributed by atoms with Gasteiger partial charge in [0.1, 0.15) is 5.75 Å².